The molecule has 4 aliphatic rings. The lowest BCUT2D eigenvalue weighted by Crippen LogP contribution is -2.41. The number of anilines is 4. The third-order valence-electron chi connectivity index (χ3n) is 9.58. The fourth-order valence-electron chi connectivity index (χ4n) is 6.41. The van der Waals surface area contributed by atoms with Crippen LogP contribution in [-0.2, 0) is 23.8 Å². The Morgan fingerprint density at radius 1 is 0.779 bits per heavy atom. The van der Waals surface area contributed by atoms with Crippen molar-refractivity contribution in [3.63, 3.8) is 0 Å². The molecule has 2 atom stereocenters. The lowest BCUT2D eigenvalue weighted by Gasteiger charge is -2.28. The van der Waals surface area contributed by atoms with Gasteiger partial charge in [0.05, 0.1) is 68.6 Å². The highest BCUT2D eigenvalue weighted by molar-refractivity contribution is 5.92. The minimum absolute atomic E-state index is 0.190. The molecule has 5 amide bonds. The van der Waals surface area contributed by atoms with Crippen LogP contribution in [0.3, 0.4) is 0 Å². The average Bonchev–Trinajstić information content (AvgIpc) is 4.18. The summed E-state index contributed by atoms with van der Waals surface area (Å²) in [5.74, 6) is -1.41. The van der Waals surface area contributed by atoms with Gasteiger partial charge in [-0.1, -0.05) is 0 Å². The van der Waals surface area contributed by atoms with Gasteiger partial charge < -0.3 is 45.2 Å². The summed E-state index contributed by atoms with van der Waals surface area (Å²) in [5.41, 5.74) is 4.22. The number of hydrogen-bond acceptors (Lipinski definition) is 17. The molecule has 0 unspecified atom stereocenters. The van der Waals surface area contributed by atoms with Crippen molar-refractivity contribution in [3.05, 3.63) is 85.5 Å². The van der Waals surface area contributed by atoms with Crippen molar-refractivity contribution in [1.29, 1.82) is 0 Å². The molecule has 0 spiro atoms. The van der Waals surface area contributed by atoms with Gasteiger partial charge in [0.1, 0.15) is 49.2 Å². The number of imidazole rings is 2. The van der Waals surface area contributed by atoms with Gasteiger partial charge in [-0.15, -0.1) is 0 Å². The second kappa shape index (κ2) is 24.9. The van der Waals surface area contributed by atoms with Crippen molar-refractivity contribution in [2.45, 2.75) is 39.9 Å². The number of aliphatic hydroxyl groups excluding tert-OH is 1. The molecule has 26 heteroatoms. The van der Waals surface area contributed by atoms with Crippen LogP contribution in [0, 0.1) is 11.6 Å². The number of nitrogens with one attached hydrogen (secondary N) is 3. The highest BCUT2D eigenvalue weighted by Crippen LogP contribution is 2.29. The van der Waals surface area contributed by atoms with Crippen LogP contribution in [0.1, 0.15) is 27.7 Å². The van der Waals surface area contributed by atoms with E-state index in [-0.39, 0.29) is 69.5 Å². The smallest absolute Gasteiger partial charge is 0.430 e. The van der Waals surface area contributed by atoms with Gasteiger partial charge in [0.25, 0.3) is 0 Å². The molecular formula is C42H52F2N14O10. The fourth-order valence-corrected chi connectivity index (χ4v) is 6.41. The minimum Gasteiger partial charge on any atom is -0.448 e. The van der Waals surface area contributed by atoms with Gasteiger partial charge in [-0.2, -0.15) is 15.2 Å². The Labute approximate surface area is 388 Å². The van der Waals surface area contributed by atoms with E-state index in [9.17, 15) is 37.5 Å². The molecule has 2 fully saturated rings. The van der Waals surface area contributed by atoms with Gasteiger partial charge in [-0.3, -0.25) is 28.5 Å². The zero-order chi connectivity index (χ0) is 49.2. The SMILES string of the molecule is CC(=O)NC[C@H]1CN(c2ccc(N3C=NNCC3)c(F)c2)C(=O)O1.CCO.CCOC(=O)N1CCN(c2ccc(N3C[C@H](CNC(C)=O)OC3=O)cc2F)C=N1.O=C(n1ccnc1)n1ccnc1. The minimum atomic E-state index is -0.600. The molecule has 2 aromatic carbocycles. The normalized spacial score (nSPS) is 17.0. The van der Waals surface area contributed by atoms with Crippen molar-refractivity contribution >= 4 is 71.6 Å². The molecule has 0 bridgehead atoms. The van der Waals surface area contributed by atoms with E-state index in [0.717, 1.165) is 0 Å². The predicted molar refractivity (Wildman–Crippen MR) is 242 cm³/mol. The Hall–Kier alpha value is -8.16. The first-order chi connectivity index (χ1) is 32.7. The molecule has 0 aliphatic carbocycles. The number of aromatic nitrogens is 4. The molecular weight excluding hydrogens is 899 g/mol. The van der Waals surface area contributed by atoms with E-state index >= 15 is 0 Å². The summed E-state index contributed by atoms with van der Waals surface area (Å²) in [4.78, 5) is 82.5. The first-order valence-corrected chi connectivity index (χ1v) is 21.2. The maximum absolute atomic E-state index is 14.7. The van der Waals surface area contributed by atoms with Crippen molar-refractivity contribution < 1.29 is 56.9 Å². The summed E-state index contributed by atoms with van der Waals surface area (Å²) in [6.07, 6.45) is 9.38. The maximum Gasteiger partial charge on any atom is 0.430 e. The summed E-state index contributed by atoms with van der Waals surface area (Å²) in [6.45, 7) is 9.34. The van der Waals surface area contributed by atoms with Crippen LogP contribution in [0.25, 0.3) is 0 Å². The van der Waals surface area contributed by atoms with Gasteiger partial charge in [0.15, 0.2) is 0 Å². The molecule has 4 aliphatic heterocycles. The van der Waals surface area contributed by atoms with Gasteiger partial charge >= 0.3 is 24.3 Å². The number of rotatable bonds is 9. The summed E-state index contributed by atoms with van der Waals surface area (Å²) >= 11 is 0. The molecule has 364 valence electrons. The second-order valence-corrected chi connectivity index (χ2v) is 14.5. The molecule has 4 aromatic rings. The first-order valence-electron chi connectivity index (χ1n) is 21.2. The molecule has 2 saturated heterocycles. The molecule has 4 N–H and O–H groups in total. The zero-order valence-electron chi connectivity index (χ0n) is 37.6. The van der Waals surface area contributed by atoms with E-state index in [1.807, 2.05) is 0 Å². The van der Waals surface area contributed by atoms with Gasteiger partial charge in [-0.05, 0) is 50.2 Å². The van der Waals surface area contributed by atoms with E-state index in [1.54, 1.807) is 66.6 Å². The first kappa shape index (κ1) is 50.8. The van der Waals surface area contributed by atoms with Crippen LogP contribution in [0.2, 0.25) is 0 Å². The third kappa shape index (κ3) is 14.2. The van der Waals surface area contributed by atoms with Crippen LogP contribution in [-0.4, -0.2) is 156 Å². The molecule has 24 nitrogen and oxygen atoms in total. The van der Waals surface area contributed by atoms with Crippen LogP contribution < -0.4 is 35.7 Å². The molecule has 6 heterocycles. The maximum atomic E-state index is 14.7. The number of aliphatic hydroxyl groups is 1. The van der Waals surface area contributed by atoms with E-state index in [2.05, 4.69) is 36.2 Å². The van der Waals surface area contributed by atoms with Crippen molar-refractivity contribution in [1.82, 2.24) is 40.2 Å². The van der Waals surface area contributed by atoms with E-state index < -0.39 is 42.1 Å². The Morgan fingerprint density at radius 3 is 1.66 bits per heavy atom. The quantitative estimate of drug-likeness (QED) is 0.176. The number of hydrogen-bond donors (Lipinski definition) is 4. The van der Waals surface area contributed by atoms with Crippen molar-refractivity contribution in [2.75, 3.05) is 85.2 Å². The number of cyclic esters (lactones) is 2. The summed E-state index contributed by atoms with van der Waals surface area (Å²) in [5, 5.41) is 21.8. The number of benzene rings is 2. The largest absolute Gasteiger partial charge is 0.448 e. The fraction of sp³-hybridized carbons (Fsp3) is 0.381. The number of hydrazone groups is 2. The number of carbonyl (C=O) groups excluding carboxylic acids is 6. The molecule has 8 rings (SSSR count). The zero-order valence-corrected chi connectivity index (χ0v) is 37.6. The summed E-state index contributed by atoms with van der Waals surface area (Å²) in [7, 11) is 0. The topological polar surface area (TPSA) is 263 Å². The van der Waals surface area contributed by atoms with E-state index in [4.69, 9.17) is 19.3 Å². The number of amides is 5. The lowest BCUT2D eigenvalue weighted by atomic mass is 10.2. The molecule has 68 heavy (non-hydrogen) atoms. The summed E-state index contributed by atoms with van der Waals surface area (Å²) < 4.78 is 47.1. The Balaban J connectivity index is 0.000000198. The monoisotopic (exact) mass is 950 g/mol. The Kier molecular flexibility index (Phi) is 18.6. The Morgan fingerprint density at radius 2 is 1.28 bits per heavy atom. The van der Waals surface area contributed by atoms with Crippen LogP contribution in [0.5, 0.6) is 0 Å². The third-order valence-corrected chi connectivity index (χ3v) is 9.58. The number of ether oxygens (including phenoxy) is 3. The summed E-state index contributed by atoms with van der Waals surface area (Å²) in [6, 6.07) is 8.75. The van der Waals surface area contributed by atoms with Crippen LogP contribution in [0.15, 0.2) is 84.0 Å². The standard InChI is InChI=1S/C18H22FN5O5.C15H18FN5O3.C7H6N4O.C2H6O/c1-3-28-18(27)24-7-6-22(11-21-24)16-5-4-13(8-15(16)19)23-10-14(29-17(23)26)9-20-12(2)25;1-10(22)17-7-12-8-21(15(23)24-12)11-2-3-14(13(16)6-11)20-5-4-18-19-9-20;12-7(10-3-1-8-5-10)11-4-2-9-6-11;1-2-3/h4-5,8,11,14H,3,6-7,9-10H2,1-2H3,(H,20,25);2-3,6,9,12,18H,4-5,7-8H2,1H3,(H,17,22);1-6H;3H,2H2,1H3/t14-;12-;;/m00../s1. The number of nitrogens with zero attached hydrogens (tertiary/aromatic N) is 11. The highest BCUT2D eigenvalue weighted by Gasteiger charge is 2.34. The predicted octanol–water partition coefficient (Wildman–Crippen LogP) is 2.74. The number of carbonyl (C=O) groups is 6. The average molecular weight is 951 g/mol. The molecule has 0 saturated carbocycles. The lowest BCUT2D eigenvalue weighted by molar-refractivity contribution is -0.120. The van der Waals surface area contributed by atoms with Gasteiger partial charge in [0, 0.05) is 58.3 Å². The number of halogens is 2. The van der Waals surface area contributed by atoms with Gasteiger partial charge in [-0.25, -0.2) is 37.9 Å². The molecule has 0 radical (unpaired) electrons. The van der Waals surface area contributed by atoms with Gasteiger partial charge in [0.2, 0.25) is 11.8 Å². The van der Waals surface area contributed by atoms with Crippen LogP contribution in [0.4, 0.5) is 50.7 Å². The van der Waals surface area contributed by atoms with E-state index in [1.165, 1.54) is 81.3 Å². The molecule has 2 aromatic heterocycles. The highest BCUT2D eigenvalue weighted by atomic mass is 19.1. The van der Waals surface area contributed by atoms with Crippen LogP contribution >= 0.6 is 0 Å². The van der Waals surface area contributed by atoms with E-state index in [0.29, 0.717) is 36.7 Å². The second-order valence-electron chi connectivity index (χ2n) is 14.5. The van der Waals surface area contributed by atoms with Crippen molar-refractivity contribution in [3.8, 4) is 0 Å². The van der Waals surface area contributed by atoms with Crippen molar-refractivity contribution in [2.24, 2.45) is 10.2 Å². The Bertz CT molecular complexity index is 2370.